The number of aryl methyl sites for hydroxylation is 1. The van der Waals surface area contributed by atoms with E-state index in [4.69, 9.17) is 0 Å². The van der Waals surface area contributed by atoms with E-state index in [1.807, 2.05) is 49.5 Å². The van der Waals surface area contributed by atoms with E-state index >= 15 is 0 Å². The zero-order valence-electron chi connectivity index (χ0n) is 13.4. The summed E-state index contributed by atoms with van der Waals surface area (Å²) < 4.78 is 1.80. The van der Waals surface area contributed by atoms with Crippen LogP contribution in [0.4, 0.5) is 10.5 Å². The predicted molar refractivity (Wildman–Crippen MR) is 93.6 cm³/mol. The van der Waals surface area contributed by atoms with Crippen LogP contribution in [0.1, 0.15) is 5.69 Å². The number of pyridine rings is 1. The van der Waals surface area contributed by atoms with Gasteiger partial charge in [-0.25, -0.2) is 4.79 Å². The number of hydrogen-bond acceptors (Lipinski definition) is 3. The van der Waals surface area contributed by atoms with E-state index in [0.29, 0.717) is 6.54 Å². The van der Waals surface area contributed by atoms with Crippen molar-refractivity contribution in [1.29, 1.82) is 0 Å². The van der Waals surface area contributed by atoms with Crippen molar-refractivity contribution in [1.82, 2.24) is 20.1 Å². The highest BCUT2D eigenvalue weighted by Crippen LogP contribution is 2.26. The molecule has 1 aromatic carbocycles. The number of benzene rings is 1. The van der Waals surface area contributed by atoms with Gasteiger partial charge in [0, 0.05) is 49.9 Å². The van der Waals surface area contributed by atoms with E-state index in [-0.39, 0.29) is 6.03 Å². The lowest BCUT2D eigenvalue weighted by molar-refractivity contribution is 0.252. The predicted octanol–water partition coefficient (Wildman–Crippen LogP) is 2.85. The van der Waals surface area contributed by atoms with Crippen molar-refractivity contribution in [2.24, 2.45) is 7.05 Å². The van der Waals surface area contributed by atoms with Crippen LogP contribution in [-0.2, 0) is 13.5 Å². The molecule has 3 rings (SSSR count). The second-order valence-corrected chi connectivity index (χ2v) is 5.36. The average molecular weight is 321 g/mol. The third kappa shape index (κ3) is 3.78. The summed E-state index contributed by atoms with van der Waals surface area (Å²) in [6.45, 7) is 0.544. The highest BCUT2D eigenvalue weighted by atomic mass is 16.2. The van der Waals surface area contributed by atoms with Crippen molar-refractivity contribution in [3.05, 3.63) is 66.7 Å². The molecule has 24 heavy (non-hydrogen) atoms. The van der Waals surface area contributed by atoms with Crippen LogP contribution in [0.3, 0.4) is 0 Å². The molecule has 0 aliphatic carbocycles. The summed E-state index contributed by atoms with van der Waals surface area (Å²) >= 11 is 0. The van der Waals surface area contributed by atoms with E-state index in [2.05, 4.69) is 20.7 Å². The minimum Gasteiger partial charge on any atom is -0.337 e. The lowest BCUT2D eigenvalue weighted by Gasteiger charge is -2.12. The Balaban J connectivity index is 1.62. The number of carbonyl (C=O) groups is 1. The summed E-state index contributed by atoms with van der Waals surface area (Å²) in [5.41, 5.74) is 3.81. The fraction of sp³-hybridized carbons (Fsp3) is 0.167. The molecule has 2 N–H and O–H groups in total. The topological polar surface area (TPSA) is 71.8 Å². The molecule has 0 aliphatic heterocycles. The Bertz CT molecular complexity index is 813. The van der Waals surface area contributed by atoms with Gasteiger partial charge in [0.25, 0.3) is 0 Å². The molecule has 6 heteroatoms. The van der Waals surface area contributed by atoms with Crippen LogP contribution in [0, 0.1) is 0 Å². The van der Waals surface area contributed by atoms with Gasteiger partial charge in [0.05, 0.1) is 5.69 Å². The zero-order chi connectivity index (χ0) is 16.8. The smallest absolute Gasteiger partial charge is 0.319 e. The number of hydrogen-bond donors (Lipinski definition) is 2. The third-order valence-corrected chi connectivity index (χ3v) is 3.76. The van der Waals surface area contributed by atoms with Gasteiger partial charge in [-0.1, -0.05) is 18.2 Å². The lowest BCUT2D eigenvalue weighted by atomic mass is 10.1. The minimum atomic E-state index is -0.223. The number of para-hydroxylation sites is 1. The molecule has 6 nitrogen and oxygen atoms in total. The largest absolute Gasteiger partial charge is 0.337 e. The monoisotopic (exact) mass is 321 g/mol. The Morgan fingerprint density at radius 3 is 2.62 bits per heavy atom. The number of urea groups is 1. The first kappa shape index (κ1) is 15.7. The van der Waals surface area contributed by atoms with Crippen LogP contribution in [0.25, 0.3) is 11.1 Å². The quantitative estimate of drug-likeness (QED) is 0.759. The third-order valence-electron chi connectivity index (χ3n) is 3.76. The normalized spacial score (nSPS) is 10.4. The molecule has 0 spiro atoms. The molecule has 0 bridgehead atoms. The summed E-state index contributed by atoms with van der Waals surface area (Å²) in [6, 6.07) is 13.3. The fourth-order valence-electron chi connectivity index (χ4n) is 2.49. The molecule has 0 unspecified atom stereocenters. The maximum absolute atomic E-state index is 12.2. The maximum Gasteiger partial charge on any atom is 0.319 e. The molecule has 3 aromatic rings. The van der Waals surface area contributed by atoms with E-state index in [1.54, 1.807) is 23.3 Å². The highest BCUT2D eigenvalue weighted by Gasteiger charge is 2.08. The molecular weight excluding hydrogens is 302 g/mol. The van der Waals surface area contributed by atoms with E-state index in [1.165, 1.54) is 0 Å². The molecule has 0 fully saturated rings. The molecule has 122 valence electrons. The number of rotatable bonds is 5. The number of aromatic nitrogens is 3. The maximum atomic E-state index is 12.2. The van der Waals surface area contributed by atoms with Crippen LogP contribution < -0.4 is 10.6 Å². The lowest BCUT2D eigenvalue weighted by Crippen LogP contribution is -2.30. The number of anilines is 1. The molecule has 0 saturated heterocycles. The summed E-state index contributed by atoms with van der Waals surface area (Å²) in [4.78, 5) is 16.2. The van der Waals surface area contributed by atoms with Gasteiger partial charge in [0.15, 0.2) is 0 Å². The Morgan fingerprint density at radius 2 is 1.88 bits per heavy atom. The van der Waals surface area contributed by atoms with E-state index < -0.39 is 0 Å². The summed E-state index contributed by atoms with van der Waals surface area (Å²) in [6.07, 6.45) is 5.95. The Labute approximate surface area is 140 Å². The van der Waals surface area contributed by atoms with Crippen molar-refractivity contribution in [2.45, 2.75) is 6.42 Å². The number of amides is 2. The minimum absolute atomic E-state index is 0.223. The molecule has 0 aliphatic rings. The van der Waals surface area contributed by atoms with E-state index in [9.17, 15) is 4.79 Å². The van der Waals surface area contributed by atoms with Crippen LogP contribution in [0.15, 0.2) is 61.1 Å². The van der Waals surface area contributed by atoms with Gasteiger partial charge in [-0.15, -0.1) is 0 Å². The van der Waals surface area contributed by atoms with Gasteiger partial charge in [-0.05, 0) is 29.8 Å². The van der Waals surface area contributed by atoms with Crippen LogP contribution >= 0.6 is 0 Å². The van der Waals surface area contributed by atoms with Crippen LogP contribution in [0.2, 0.25) is 0 Å². The first-order valence-electron chi connectivity index (χ1n) is 7.75. The van der Waals surface area contributed by atoms with Gasteiger partial charge in [-0.3, -0.25) is 9.67 Å². The molecular formula is C18H19N5O. The van der Waals surface area contributed by atoms with E-state index in [0.717, 1.165) is 28.9 Å². The highest BCUT2D eigenvalue weighted by molar-refractivity contribution is 5.94. The van der Waals surface area contributed by atoms with Crippen LogP contribution in [0.5, 0.6) is 0 Å². The molecule has 2 amide bonds. The zero-order valence-corrected chi connectivity index (χ0v) is 13.4. The number of nitrogens with one attached hydrogen (secondary N) is 2. The van der Waals surface area contributed by atoms with Crippen LogP contribution in [-0.4, -0.2) is 27.3 Å². The summed E-state index contributed by atoms with van der Waals surface area (Å²) in [5.74, 6) is 0. The fourth-order valence-corrected chi connectivity index (χ4v) is 2.49. The molecule has 2 aromatic heterocycles. The second-order valence-electron chi connectivity index (χ2n) is 5.36. The van der Waals surface area contributed by atoms with Gasteiger partial charge in [0.2, 0.25) is 0 Å². The first-order valence-corrected chi connectivity index (χ1v) is 7.75. The van der Waals surface area contributed by atoms with Crippen molar-refractivity contribution in [3.8, 4) is 11.1 Å². The standard InChI is InChI=1S/C18H19N5O/c1-23-15(9-13-21-23)8-12-20-18(24)22-17-5-3-2-4-16(17)14-6-10-19-11-7-14/h2-7,9-11,13H,8,12H2,1H3,(H2,20,22,24). The Morgan fingerprint density at radius 1 is 1.08 bits per heavy atom. The van der Waals surface area contributed by atoms with Crippen molar-refractivity contribution < 1.29 is 4.79 Å². The first-order chi connectivity index (χ1) is 11.7. The molecule has 0 atom stereocenters. The second kappa shape index (κ2) is 7.41. The van der Waals surface area contributed by atoms with Gasteiger partial charge >= 0.3 is 6.03 Å². The Kier molecular flexibility index (Phi) is 4.86. The van der Waals surface area contributed by atoms with Crippen molar-refractivity contribution in [2.75, 3.05) is 11.9 Å². The molecule has 0 radical (unpaired) electrons. The average Bonchev–Trinajstić information content (AvgIpc) is 3.01. The summed E-state index contributed by atoms with van der Waals surface area (Å²) in [7, 11) is 1.89. The number of carbonyl (C=O) groups excluding carboxylic acids is 1. The number of nitrogens with zero attached hydrogens (tertiary/aromatic N) is 3. The van der Waals surface area contributed by atoms with Crippen molar-refractivity contribution >= 4 is 11.7 Å². The summed E-state index contributed by atoms with van der Waals surface area (Å²) in [5, 5.41) is 9.89. The van der Waals surface area contributed by atoms with Gasteiger partial charge in [0.1, 0.15) is 0 Å². The van der Waals surface area contributed by atoms with Crippen molar-refractivity contribution in [3.63, 3.8) is 0 Å². The van der Waals surface area contributed by atoms with Gasteiger partial charge in [-0.2, -0.15) is 5.10 Å². The SMILES string of the molecule is Cn1nccc1CCNC(=O)Nc1ccccc1-c1ccncc1. The molecule has 0 saturated carbocycles. The van der Waals surface area contributed by atoms with Gasteiger partial charge < -0.3 is 10.6 Å². The molecule has 2 heterocycles. The Hall–Kier alpha value is -3.15.